The monoisotopic (exact) mass is 1590 g/mol. The van der Waals surface area contributed by atoms with Gasteiger partial charge in [-0.3, -0.25) is 0 Å². The van der Waals surface area contributed by atoms with Gasteiger partial charge in [-0.15, -0.1) is 0 Å². The Balaban J connectivity index is 1.30. The molecule has 2 aromatic rings. The Morgan fingerprint density at radius 3 is 1.86 bits per heavy atom. The Morgan fingerprint density at radius 1 is 0.720 bits per heavy atom. The SMILES string of the molecule is C=C(C)[C@H](C)C[C@H]1CC[C@@H]2OC(CCC(/C=C/[C@H](O[Si](C)(C)C(C)(C)C)[C@@H]3O[C@H]4CC[C@H](CC(O)C([C@@H]5[C@@H](C)[C@@H](C[C@H](C)CC)O[C@H]5CCO[Si](CC)(CC)CC)S(=O)(=O)c5ccccc5)O[C@@H]4[C@H](O[Si](C)(C)C(C)(C)C)[C@@H]3O[Si](C)(C)C(C)(C)C)OC(=O)c3ccccc3)C[C@]2(CI)O1. The molecule has 570 valence electrons. The predicted octanol–water partition coefficient (Wildman–Crippen LogP) is 19.6. The largest absolute Gasteiger partial charge is 0.455 e. The van der Waals surface area contributed by atoms with Crippen molar-refractivity contribution in [1.29, 1.82) is 0 Å². The van der Waals surface area contributed by atoms with E-state index in [4.69, 9.17) is 46.1 Å². The maximum Gasteiger partial charge on any atom is 0.338 e. The number of aliphatic hydroxyl groups is 1. The fourth-order valence-electron chi connectivity index (χ4n) is 15.1. The Morgan fingerprint density at radius 2 is 1.30 bits per heavy atom. The number of carbonyl (C=O) groups is 1. The predicted molar refractivity (Wildman–Crippen MR) is 426 cm³/mol. The number of ether oxygens (including phenoxy) is 6. The maximum absolute atomic E-state index is 15.8. The molecule has 4 unspecified atom stereocenters. The summed E-state index contributed by atoms with van der Waals surface area (Å²) in [6, 6.07) is 20.9. The van der Waals surface area contributed by atoms with Crippen molar-refractivity contribution < 1.29 is 64.4 Å². The van der Waals surface area contributed by atoms with Gasteiger partial charge in [-0.05, 0) is 185 Å². The molecular formula is C80H137IO14SSi4. The van der Waals surface area contributed by atoms with Gasteiger partial charge in [0.25, 0.3) is 0 Å². The van der Waals surface area contributed by atoms with Crippen LogP contribution in [0.3, 0.4) is 0 Å². The fourth-order valence-corrected chi connectivity index (χ4v) is 24.8. The van der Waals surface area contributed by atoms with Crippen LogP contribution in [0.15, 0.2) is 89.9 Å². The molecule has 5 fully saturated rings. The summed E-state index contributed by atoms with van der Waals surface area (Å²) in [5, 5.41) is 11.4. The van der Waals surface area contributed by atoms with Crippen LogP contribution in [0.1, 0.15) is 205 Å². The van der Waals surface area contributed by atoms with E-state index in [1.807, 2.05) is 30.3 Å². The van der Waals surface area contributed by atoms with E-state index in [0.717, 1.165) is 61.1 Å². The zero-order chi connectivity index (χ0) is 74.4. The van der Waals surface area contributed by atoms with Gasteiger partial charge in [0, 0.05) is 29.8 Å². The van der Waals surface area contributed by atoms with Crippen molar-refractivity contribution in [2.75, 3.05) is 11.0 Å². The van der Waals surface area contributed by atoms with E-state index < -0.39 is 127 Å². The van der Waals surface area contributed by atoms with Crippen molar-refractivity contribution in [3.8, 4) is 0 Å². The van der Waals surface area contributed by atoms with Crippen LogP contribution in [0.25, 0.3) is 0 Å². The number of aliphatic hydroxyl groups excluding tert-OH is 1. The standard InChI is InChI=1S/C80H137IO14SSi4/c1-25-55(7)49-68-57(9)70(65(90-68)47-48-86-100(26-2,27-3)28-4)75(96(84,85)63-37-33-30-34-38-63)64(82)51-60-42-44-66-71(88-60)73(94-98(21,22)78(13,14)15)74(95-99(23,24)79(16,17)18)72(91-66)67(93-97(19,20)77(10,11)12)45-41-59(89-76(83)58-35-31-29-32-36-58)39-40-62-52-80(53-81)69(87-62)46-43-61(92-80)50-56(8)54(5)6/h29-38,41,45,55-57,59-62,64-75,82H,5,25-28,39-40,42-44,46-53H2,1-4,6-24H3/b45-41+/t55-,56-,57+,59?,60-,61-,62?,64?,65+,66+,67+,68-,69+,70-,71+,72+,73+,74-,75?,80-/m1/s1. The Hall–Kier alpha value is -1.46. The molecule has 0 aliphatic carbocycles. The van der Waals surface area contributed by atoms with Crippen LogP contribution in [0, 0.1) is 23.7 Å². The summed E-state index contributed by atoms with van der Waals surface area (Å²) in [4.78, 5) is 14.6. The maximum atomic E-state index is 15.8. The molecule has 0 radical (unpaired) electrons. The van der Waals surface area contributed by atoms with Gasteiger partial charge in [-0.1, -0.05) is 194 Å². The topological polar surface area (TPSA) is 164 Å². The van der Waals surface area contributed by atoms with Gasteiger partial charge >= 0.3 is 5.97 Å². The molecule has 5 aliphatic heterocycles. The van der Waals surface area contributed by atoms with E-state index in [1.54, 1.807) is 36.4 Å². The molecule has 7 rings (SSSR count). The minimum atomic E-state index is -4.18. The number of allylic oxidation sites excluding steroid dienone is 1. The highest BCUT2D eigenvalue weighted by atomic mass is 127. The molecule has 2 aromatic carbocycles. The second kappa shape index (κ2) is 35.3. The van der Waals surface area contributed by atoms with Gasteiger partial charge < -0.3 is 51.2 Å². The summed E-state index contributed by atoms with van der Waals surface area (Å²) >= 11 is 2.49. The van der Waals surface area contributed by atoms with Crippen molar-refractivity contribution in [3.63, 3.8) is 0 Å². The molecule has 5 saturated heterocycles. The van der Waals surface area contributed by atoms with E-state index in [0.29, 0.717) is 56.1 Å². The molecule has 0 aromatic heterocycles. The number of hydrogen-bond donors (Lipinski definition) is 1. The summed E-state index contributed by atoms with van der Waals surface area (Å²) in [6.07, 6.45) is 5.10. The molecule has 0 spiro atoms. The fraction of sp³-hybridized carbons (Fsp3) is 0.787. The number of alkyl halides is 1. The number of carbonyl (C=O) groups excluding carboxylic acids is 1. The number of esters is 1. The van der Waals surface area contributed by atoms with Gasteiger partial charge in [-0.2, -0.15) is 0 Å². The number of sulfone groups is 1. The average molecular weight is 1590 g/mol. The van der Waals surface area contributed by atoms with Crippen molar-refractivity contribution in [2.24, 2.45) is 23.7 Å². The first kappa shape index (κ1) is 85.8. The van der Waals surface area contributed by atoms with Crippen LogP contribution in [-0.4, -0.2) is 160 Å². The zero-order valence-corrected chi connectivity index (χ0v) is 73.1. The first-order valence-corrected chi connectivity index (χ1v) is 52.9. The number of fused-ring (bicyclic) bond motifs is 2. The van der Waals surface area contributed by atoms with Crippen LogP contribution in [0.4, 0.5) is 0 Å². The second-order valence-electron chi connectivity index (χ2n) is 35.6. The number of rotatable bonds is 34. The first-order valence-electron chi connectivity index (χ1n) is 38.6. The smallest absolute Gasteiger partial charge is 0.338 e. The van der Waals surface area contributed by atoms with E-state index in [-0.39, 0.29) is 56.8 Å². The van der Waals surface area contributed by atoms with Gasteiger partial charge in [0.15, 0.2) is 43.1 Å². The van der Waals surface area contributed by atoms with Crippen LogP contribution in [-0.2, 0) is 56.0 Å². The van der Waals surface area contributed by atoms with Crippen molar-refractivity contribution >= 4 is 71.7 Å². The minimum Gasteiger partial charge on any atom is -0.455 e. The molecule has 0 saturated carbocycles. The number of hydrogen-bond acceptors (Lipinski definition) is 14. The van der Waals surface area contributed by atoms with Crippen molar-refractivity contribution in [1.82, 2.24) is 0 Å². The minimum absolute atomic E-state index is 0.0158. The molecule has 20 atom stereocenters. The lowest BCUT2D eigenvalue weighted by atomic mass is 9.79. The molecule has 5 aliphatic rings. The highest BCUT2D eigenvalue weighted by molar-refractivity contribution is 14.1. The van der Waals surface area contributed by atoms with Crippen molar-refractivity contribution in [3.05, 3.63) is 90.5 Å². The van der Waals surface area contributed by atoms with E-state index in [1.165, 1.54) is 5.57 Å². The van der Waals surface area contributed by atoms with Crippen LogP contribution >= 0.6 is 22.6 Å². The van der Waals surface area contributed by atoms with E-state index in [2.05, 4.69) is 192 Å². The molecule has 14 nitrogen and oxygen atoms in total. The number of halogens is 1. The molecular weight excluding hydrogens is 1460 g/mol. The lowest BCUT2D eigenvalue weighted by Crippen LogP contribution is -2.69. The number of benzene rings is 2. The third-order valence-electron chi connectivity index (χ3n) is 25.5. The first-order chi connectivity index (χ1) is 46.5. The summed E-state index contributed by atoms with van der Waals surface area (Å²) in [6.45, 7) is 56.3. The lowest BCUT2D eigenvalue weighted by molar-refractivity contribution is -0.268. The summed E-state index contributed by atoms with van der Waals surface area (Å²) in [7, 11) is -14.3. The summed E-state index contributed by atoms with van der Waals surface area (Å²) in [5.74, 6) is -0.392. The molecule has 20 heteroatoms. The Labute approximate surface area is 625 Å². The molecule has 0 amide bonds. The third kappa shape index (κ3) is 20.9. The third-order valence-corrected chi connectivity index (χ3v) is 47.1. The quantitative estimate of drug-likeness (QED) is 0.0231. The van der Waals surface area contributed by atoms with Crippen LogP contribution in [0.2, 0.25) is 72.5 Å². The average Bonchev–Trinajstić information content (AvgIpc) is 0.855. The van der Waals surface area contributed by atoms with Crippen LogP contribution < -0.4 is 0 Å². The summed E-state index contributed by atoms with van der Waals surface area (Å²) < 4.78 is 106. The Kier molecular flexibility index (Phi) is 30.3. The lowest BCUT2D eigenvalue weighted by Gasteiger charge is -2.56. The molecule has 1 N–H and O–H groups in total. The summed E-state index contributed by atoms with van der Waals surface area (Å²) in [5.41, 5.74) is 1.25. The molecule has 5 heterocycles. The molecule has 100 heavy (non-hydrogen) atoms. The molecule has 0 bridgehead atoms. The second-order valence-corrected chi connectivity index (χ2v) is 57.5. The highest BCUT2D eigenvalue weighted by Crippen LogP contribution is 2.51. The van der Waals surface area contributed by atoms with Crippen molar-refractivity contribution in [2.45, 2.75) is 368 Å². The van der Waals surface area contributed by atoms with E-state index in [9.17, 15) is 9.90 Å². The highest BCUT2D eigenvalue weighted by Gasteiger charge is 2.60. The Bertz CT molecular complexity index is 3030. The zero-order valence-electron chi connectivity index (χ0n) is 66.2. The van der Waals surface area contributed by atoms with E-state index >= 15 is 8.42 Å². The van der Waals surface area contributed by atoms with Gasteiger partial charge in [0.1, 0.15) is 36.1 Å². The van der Waals surface area contributed by atoms with Gasteiger partial charge in [0.05, 0.1) is 70.6 Å². The van der Waals surface area contributed by atoms with Crippen LogP contribution in [0.5, 0.6) is 0 Å². The van der Waals surface area contributed by atoms with Gasteiger partial charge in [-0.25, -0.2) is 13.2 Å². The van der Waals surface area contributed by atoms with Gasteiger partial charge in [0.2, 0.25) is 0 Å². The normalized spacial score (nSPS) is 30.1.